The van der Waals surface area contributed by atoms with E-state index < -0.39 is 5.97 Å². The number of nitrogens with zero attached hydrogens (tertiary/aromatic N) is 1. The van der Waals surface area contributed by atoms with Crippen LogP contribution in [0.4, 0.5) is 0 Å². The molecule has 0 spiro atoms. The standard InChI is InChI=1S/C16H23NO3S2/c1-9-4-5-11-10(8-9)13-14(22-16(11,2)3)17(15(20)21-13)7-6-12(18)19/h9-11H,4-8H2,1-3H3,(H,18,19)/t9-,10+,11+/m1/s1. The number of aliphatic carboxylic acids is 1. The van der Waals surface area contributed by atoms with Crippen molar-refractivity contribution in [2.45, 2.75) is 68.7 Å². The average Bonchev–Trinajstić information content (AvgIpc) is 2.71. The van der Waals surface area contributed by atoms with Crippen LogP contribution >= 0.6 is 23.1 Å². The Balaban J connectivity index is 2.01. The van der Waals surface area contributed by atoms with Crippen molar-refractivity contribution >= 4 is 29.1 Å². The highest BCUT2D eigenvalue weighted by Crippen LogP contribution is 2.58. The van der Waals surface area contributed by atoms with Crippen molar-refractivity contribution in [1.82, 2.24) is 4.57 Å². The second-order valence-electron chi connectivity index (χ2n) is 7.17. The lowest BCUT2D eigenvalue weighted by atomic mass is 9.69. The molecule has 1 fully saturated rings. The molecule has 1 N–H and O–H groups in total. The van der Waals surface area contributed by atoms with E-state index in [1.165, 1.54) is 29.1 Å². The molecule has 0 bridgehead atoms. The van der Waals surface area contributed by atoms with E-state index >= 15 is 0 Å². The minimum Gasteiger partial charge on any atom is -0.481 e. The minimum absolute atomic E-state index is 0.00780. The van der Waals surface area contributed by atoms with Gasteiger partial charge in [0.15, 0.2) is 0 Å². The lowest BCUT2D eigenvalue weighted by molar-refractivity contribution is -0.137. The maximum atomic E-state index is 12.4. The molecule has 3 rings (SSSR count). The second-order valence-corrected chi connectivity index (χ2v) is 9.81. The first kappa shape index (κ1) is 16.1. The van der Waals surface area contributed by atoms with Crippen molar-refractivity contribution in [3.63, 3.8) is 0 Å². The molecule has 0 saturated heterocycles. The van der Waals surface area contributed by atoms with Gasteiger partial charge in [-0.05, 0) is 24.7 Å². The van der Waals surface area contributed by atoms with Crippen molar-refractivity contribution in [2.24, 2.45) is 11.8 Å². The van der Waals surface area contributed by atoms with Gasteiger partial charge in [0.2, 0.25) is 0 Å². The van der Waals surface area contributed by atoms with Crippen molar-refractivity contribution in [3.05, 3.63) is 14.5 Å². The van der Waals surface area contributed by atoms with E-state index in [1.807, 2.05) is 0 Å². The SMILES string of the molecule is C[C@@H]1CC[C@H]2[C@H](C1)c1sc(=O)n(CCC(=O)O)c1SC2(C)C. The Morgan fingerprint density at radius 2 is 2.14 bits per heavy atom. The molecule has 4 nitrogen and oxygen atoms in total. The van der Waals surface area contributed by atoms with E-state index in [4.69, 9.17) is 5.11 Å². The first-order valence-corrected chi connectivity index (χ1v) is 9.57. The van der Waals surface area contributed by atoms with Crippen LogP contribution in [0.3, 0.4) is 0 Å². The fourth-order valence-electron chi connectivity index (χ4n) is 3.98. The van der Waals surface area contributed by atoms with E-state index in [9.17, 15) is 9.59 Å². The van der Waals surface area contributed by atoms with Gasteiger partial charge in [0, 0.05) is 22.1 Å². The van der Waals surface area contributed by atoms with Crippen LogP contribution in [0.25, 0.3) is 0 Å². The summed E-state index contributed by atoms with van der Waals surface area (Å²) >= 11 is 3.13. The fraction of sp³-hybridized carbons (Fsp3) is 0.750. The first-order chi connectivity index (χ1) is 10.3. The zero-order chi connectivity index (χ0) is 16.1. The molecular weight excluding hydrogens is 318 g/mol. The summed E-state index contributed by atoms with van der Waals surface area (Å²) in [6.07, 6.45) is 3.66. The smallest absolute Gasteiger partial charge is 0.308 e. The number of thioether (sulfide) groups is 1. The Hall–Kier alpha value is -0.750. The molecule has 0 unspecified atom stereocenters. The molecule has 22 heavy (non-hydrogen) atoms. The maximum absolute atomic E-state index is 12.4. The molecule has 0 amide bonds. The molecule has 2 aliphatic rings. The van der Waals surface area contributed by atoms with E-state index in [2.05, 4.69) is 20.8 Å². The highest BCUT2D eigenvalue weighted by molar-refractivity contribution is 8.00. The summed E-state index contributed by atoms with van der Waals surface area (Å²) in [7, 11) is 0. The van der Waals surface area contributed by atoms with Crippen LogP contribution in [0.5, 0.6) is 0 Å². The van der Waals surface area contributed by atoms with E-state index in [0.717, 1.165) is 11.4 Å². The molecule has 0 aromatic carbocycles. The number of hydrogen-bond acceptors (Lipinski definition) is 4. The number of thiazole rings is 1. The average molecular weight is 341 g/mol. The Labute approximate surface area is 138 Å². The van der Waals surface area contributed by atoms with Gasteiger partial charge in [-0.3, -0.25) is 14.2 Å². The van der Waals surface area contributed by atoms with Gasteiger partial charge in [-0.2, -0.15) is 0 Å². The van der Waals surface area contributed by atoms with E-state index in [1.54, 1.807) is 16.3 Å². The van der Waals surface area contributed by atoms with Crippen LogP contribution in [0.1, 0.15) is 57.2 Å². The molecule has 1 saturated carbocycles. The number of aromatic nitrogens is 1. The van der Waals surface area contributed by atoms with Gasteiger partial charge in [0.05, 0.1) is 11.4 Å². The number of hydrogen-bond donors (Lipinski definition) is 1. The molecular formula is C16H23NO3S2. The molecule has 2 heterocycles. The number of carbonyl (C=O) groups is 1. The summed E-state index contributed by atoms with van der Waals surface area (Å²) in [5.41, 5.74) is 0. The zero-order valence-electron chi connectivity index (χ0n) is 13.3. The number of fused-ring (bicyclic) bond motifs is 3. The molecule has 1 aromatic heterocycles. The number of carboxylic acid groups (broad SMARTS) is 1. The monoisotopic (exact) mass is 341 g/mol. The lowest BCUT2D eigenvalue weighted by Crippen LogP contribution is -2.39. The third-order valence-corrected chi connectivity index (χ3v) is 7.83. The summed E-state index contributed by atoms with van der Waals surface area (Å²) in [6.45, 7) is 7.14. The number of carboxylic acids is 1. The Morgan fingerprint density at radius 3 is 2.82 bits per heavy atom. The van der Waals surface area contributed by atoms with Gasteiger partial charge in [0.25, 0.3) is 0 Å². The van der Waals surface area contributed by atoms with Crippen molar-refractivity contribution in [1.29, 1.82) is 0 Å². The Kier molecular flexibility index (Phi) is 4.18. The van der Waals surface area contributed by atoms with Gasteiger partial charge in [-0.15, -0.1) is 11.8 Å². The first-order valence-electron chi connectivity index (χ1n) is 7.94. The highest BCUT2D eigenvalue weighted by Gasteiger charge is 2.47. The van der Waals surface area contributed by atoms with Crippen molar-refractivity contribution < 1.29 is 9.90 Å². The molecule has 122 valence electrons. The van der Waals surface area contributed by atoms with E-state index in [-0.39, 0.29) is 22.6 Å². The summed E-state index contributed by atoms with van der Waals surface area (Å²) < 4.78 is 1.81. The lowest BCUT2D eigenvalue weighted by Gasteiger charge is -2.47. The third-order valence-electron chi connectivity index (χ3n) is 5.12. The van der Waals surface area contributed by atoms with Crippen LogP contribution in [0.15, 0.2) is 9.82 Å². The number of rotatable bonds is 3. The van der Waals surface area contributed by atoms with Gasteiger partial charge in [0.1, 0.15) is 0 Å². The Bertz CT molecular complexity index is 646. The normalized spacial score (nSPS) is 29.7. The molecule has 1 aliphatic heterocycles. The van der Waals surface area contributed by atoms with Crippen molar-refractivity contribution in [3.8, 4) is 0 Å². The van der Waals surface area contributed by atoms with Gasteiger partial charge < -0.3 is 5.11 Å². The van der Waals surface area contributed by atoms with Gasteiger partial charge >= 0.3 is 10.8 Å². The van der Waals surface area contributed by atoms with Crippen molar-refractivity contribution in [2.75, 3.05) is 0 Å². The summed E-state index contributed by atoms with van der Waals surface area (Å²) in [5.74, 6) is 0.944. The highest BCUT2D eigenvalue weighted by atomic mass is 32.2. The van der Waals surface area contributed by atoms with Crippen LogP contribution in [0, 0.1) is 11.8 Å². The van der Waals surface area contributed by atoms with Gasteiger partial charge in [-0.1, -0.05) is 38.5 Å². The fourth-order valence-corrected chi connectivity index (χ4v) is 6.84. The molecule has 6 heteroatoms. The quantitative estimate of drug-likeness (QED) is 0.909. The van der Waals surface area contributed by atoms with Crippen LogP contribution in [0.2, 0.25) is 0 Å². The molecule has 3 atom stereocenters. The molecule has 1 aliphatic carbocycles. The molecule has 0 radical (unpaired) electrons. The minimum atomic E-state index is -0.851. The van der Waals surface area contributed by atoms with Crippen LogP contribution in [-0.2, 0) is 11.3 Å². The van der Waals surface area contributed by atoms with Crippen LogP contribution in [-0.4, -0.2) is 20.4 Å². The zero-order valence-corrected chi connectivity index (χ0v) is 14.9. The topological polar surface area (TPSA) is 59.3 Å². The van der Waals surface area contributed by atoms with E-state index in [0.29, 0.717) is 17.8 Å². The summed E-state index contributed by atoms with van der Waals surface area (Å²) in [4.78, 5) is 24.4. The predicted octanol–water partition coefficient (Wildman–Crippen LogP) is 3.79. The van der Waals surface area contributed by atoms with Crippen LogP contribution < -0.4 is 4.87 Å². The predicted molar refractivity (Wildman–Crippen MR) is 90.0 cm³/mol. The Morgan fingerprint density at radius 1 is 1.41 bits per heavy atom. The third kappa shape index (κ3) is 2.75. The molecule has 1 aromatic rings. The van der Waals surface area contributed by atoms with Gasteiger partial charge in [-0.25, -0.2) is 0 Å². The summed E-state index contributed by atoms with van der Waals surface area (Å²) in [5, 5.41) is 9.95. The second kappa shape index (κ2) is 5.71. The maximum Gasteiger partial charge on any atom is 0.308 e. The largest absolute Gasteiger partial charge is 0.481 e. The summed E-state index contributed by atoms with van der Waals surface area (Å²) in [6, 6.07) is 0.